The van der Waals surface area contributed by atoms with Crippen molar-refractivity contribution in [2.45, 2.75) is 32.8 Å². The summed E-state index contributed by atoms with van der Waals surface area (Å²) in [6.45, 7) is 6.99. The van der Waals surface area contributed by atoms with Gasteiger partial charge in [-0.1, -0.05) is 44.2 Å². The summed E-state index contributed by atoms with van der Waals surface area (Å²) in [6.07, 6.45) is 3.46. The van der Waals surface area contributed by atoms with E-state index in [4.69, 9.17) is 4.74 Å². The number of hydrogen-bond donors (Lipinski definition) is 0. The maximum absolute atomic E-state index is 5.88. The second kappa shape index (κ2) is 6.49. The van der Waals surface area contributed by atoms with E-state index < -0.39 is 0 Å². The van der Waals surface area contributed by atoms with Crippen LogP contribution >= 0.6 is 11.3 Å². The van der Waals surface area contributed by atoms with Gasteiger partial charge in [0.1, 0.15) is 12.4 Å². The molecule has 4 aromatic rings. The molecule has 3 aromatic heterocycles. The van der Waals surface area contributed by atoms with E-state index in [0.29, 0.717) is 12.4 Å². The Labute approximate surface area is 155 Å². The van der Waals surface area contributed by atoms with E-state index in [1.165, 1.54) is 16.9 Å². The van der Waals surface area contributed by atoms with Crippen molar-refractivity contribution in [2.75, 3.05) is 0 Å². The molecule has 0 saturated carbocycles. The zero-order valence-corrected chi connectivity index (χ0v) is 15.7. The third-order valence-electron chi connectivity index (χ3n) is 4.05. The number of nitrogens with zero attached hydrogens (tertiary/aromatic N) is 5. The summed E-state index contributed by atoms with van der Waals surface area (Å²) < 4.78 is 7.63. The molecule has 0 unspecified atom stereocenters. The number of rotatable bonds is 4. The summed E-state index contributed by atoms with van der Waals surface area (Å²) in [6, 6.07) is 12.0. The van der Waals surface area contributed by atoms with Gasteiger partial charge in [-0.2, -0.15) is 9.61 Å². The van der Waals surface area contributed by atoms with Crippen LogP contribution in [-0.4, -0.2) is 24.8 Å². The first-order chi connectivity index (χ1) is 12.5. The van der Waals surface area contributed by atoms with Crippen molar-refractivity contribution in [1.82, 2.24) is 24.8 Å². The topological polar surface area (TPSA) is 65.2 Å². The Kier molecular flexibility index (Phi) is 4.16. The molecule has 0 aliphatic heterocycles. The number of benzene rings is 1. The fourth-order valence-electron chi connectivity index (χ4n) is 2.59. The summed E-state index contributed by atoms with van der Waals surface area (Å²) in [4.78, 5) is 4.78. The first kappa shape index (κ1) is 16.7. The largest absolute Gasteiger partial charge is 0.486 e. The summed E-state index contributed by atoms with van der Waals surface area (Å²) in [5, 5.41) is 13.8. The van der Waals surface area contributed by atoms with Crippen LogP contribution in [0.25, 0.3) is 16.3 Å². The Hall–Kier alpha value is -2.80. The van der Waals surface area contributed by atoms with Crippen LogP contribution in [0.1, 0.15) is 31.3 Å². The third kappa shape index (κ3) is 3.30. The van der Waals surface area contributed by atoms with Crippen LogP contribution in [0.5, 0.6) is 5.75 Å². The average Bonchev–Trinajstić information content (AvgIpc) is 3.20. The lowest BCUT2D eigenvalue weighted by molar-refractivity contribution is 0.304. The van der Waals surface area contributed by atoms with Crippen molar-refractivity contribution in [1.29, 1.82) is 0 Å². The zero-order valence-electron chi connectivity index (χ0n) is 14.9. The van der Waals surface area contributed by atoms with E-state index in [1.54, 1.807) is 16.9 Å². The van der Waals surface area contributed by atoms with E-state index in [9.17, 15) is 0 Å². The van der Waals surface area contributed by atoms with Gasteiger partial charge >= 0.3 is 0 Å². The van der Waals surface area contributed by atoms with E-state index in [1.807, 2.05) is 24.3 Å². The molecule has 0 aliphatic carbocycles. The van der Waals surface area contributed by atoms with Crippen LogP contribution in [0.2, 0.25) is 0 Å². The van der Waals surface area contributed by atoms with Crippen molar-refractivity contribution in [2.24, 2.45) is 0 Å². The fraction of sp³-hybridized carbons (Fsp3) is 0.263. The molecule has 0 amide bonds. The lowest BCUT2D eigenvalue weighted by atomic mass is 9.87. The van der Waals surface area contributed by atoms with Crippen molar-refractivity contribution in [3.8, 4) is 17.1 Å². The molecule has 0 N–H and O–H groups in total. The monoisotopic (exact) mass is 365 g/mol. The van der Waals surface area contributed by atoms with Gasteiger partial charge in [-0.3, -0.25) is 4.98 Å². The van der Waals surface area contributed by atoms with Gasteiger partial charge in [0, 0.05) is 18.0 Å². The Morgan fingerprint density at radius 2 is 1.73 bits per heavy atom. The van der Waals surface area contributed by atoms with Gasteiger partial charge in [0.15, 0.2) is 10.8 Å². The number of ether oxygens (including phenoxy) is 1. The molecule has 0 spiro atoms. The van der Waals surface area contributed by atoms with E-state index >= 15 is 0 Å². The molecule has 0 bridgehead atoms. The number of hydrogen-bond acceptors (Lipinski definition) is 6. The molecule has 4 rings (SSSR count). The van der Waals surface area contributed by atoms with Gasteiger partial charge < -0.3 is 4.74 Å². The van der Waals surface area contributed by atoms with Gasteiger partial charge in [-0.25, -0.2) is 0 Å². The van der Waals surface area contributed by atoms with Crippen LogP contribution in [0.3, 0.4) is 0 Å². The smallest absolute Gasteiger partial charge is 0.235 e. The molecule has 6 nitrogen and oxygen atoms in total. The lowest BCUT2D eigenvalue weighted by Gasteiger charge is -2.19. The van der Waals surface area contributed by atoms with E-state index in [2.05, 4.69) is 53.2 Å². The normalized spacial score (nSPS) is 11.8. The molecular weight excluding hydrogens is 346 g/mol. The standard InChI is InChI=1S/C19H19N5OS/c1-19(2,3)14-4-6-15(7-5-14)25-12-16-23-24-17(21-22-18(24)26-16)13-8-10-20-11-9-13/h4-11H,12H2,1-3H3. The SMILES string of the molecule is CC(C)(C)c1ccc(OCc2nn3c(-c4ccncc4)nnc3s2)cc1. The fourth-order valence-corrected chi connectivity index (χ4v) is 3.34. The van der Waals surface area contributed by atoms with Crippen molar-refractivity contribution in [3.63, 3.8) is 0 Å². The van der Waals surface area contributed by atoms with Crippen molar-refractivity contribution >= 4 is 16.3 Å². The number of pyridine rings is 1. The minimum Gasteiger partial charge on any atom is -0.486 e. The number of aromatic nitrogens is 5. The first-order valence-corrected chi connectivity index (χ1v) is 9.17. The first-order valence-electron chi connectivity index (χ1n) is 8.35. The van der Waals surface area contributed by atoms with Gasteiger partial charge in [-0.05, 0) is 35.2 Å². The molecule has 0 atom stereocenters. The minimum absolute atomic E-state index is 0.134. The van der Waals surface area contributed by atoms with Crippen LogP contribution in [0.15, 0.2) is 48.8 Å². The molecule has 7 heteroatoms. The second-order valence-corrected chi connectivity index (χ2v) is 8.05. The average molecular weight is 365 g/mol. The molecular formula is C19H19N5OS. The highest BCUT2D eigenvalue weighted by Gasteiger charge is 2.15. The van der Waals surface area contributed by atoms with Gasteiger partial charge in [0.2, 0.25) is 4.96 Å². The van der Waals surface area contributed by atoms with E-state index in [0.717, 1.165) is 21.3 Å². The van der Waals surface area contributed by atoms with Crippen LogP contribution in [0.4, 0.5) is 0 Å². The molecule has 132 valence electrons. The predicted octanol–water partition coefficient (Wildman–Crippen LogP) is 4.12. The molecule has 26 heavy (non-hydrogen) atoms. The van der Waals surface area contributed by atoms with Gasteiger partial charge in [0.05, 0.1) is 0 Å². The van der Waals surface area contributed by atoms with E-state index in [-0.39, 0.29) is 5.41 Å². The molecule has 0 aliphatic rings. The third-order valence-corrected chi connectivity index (χ3v) is 4.93. The molecule has 0 radical (unpaired) electrons. The summed E-state index contributed by atoms with van der Waals surface area (Å²) >= 11 is 1.48. The summed E-state index contributed by atoms with van der Waals surface area (Å²) in [5.74, 6) is 1.54. The maximum Gasteiger partial charge on any atom is 0.235 e. The molecule has 0 saturated heterocycles. The van der Waals surface area contributed by atoms with Crippen molar-refractivity contribution in [3.05, 3.63) is 59.4 Å². The zero-order chi connectivity index (χ0) is 18.1. The number of fused-ring (bicyclic) bond motifs is 1. The Morgan fingerprint density at radius 3 is 2.42 bits per heavy atom. The van der Waals surface area contributed by atoms with Crippen LogP contribution in [0, 0.1) is 0 Å². The minimum atomic E-state index is 0.134. The Balaban J connectivity index is 1.51. The van der Waals surface area contributed by atoms with Crippen molar-refractivity contribution < 1.29 is 4.74 Å². The quantitative estimate of drug-likeness (QED) is 0.544. The lowest BCUT2D eigenvalue weighted by Crippen LogP contribution is -2.10. The summed E-state index contributed by atoms with van der Waals surface area (Å²) in [5.41, 5.74) is 2.35. The second-order valence-electron chi connectivity index (χ2n) is 7.01. The Morgan fingerprint density at radius 1 is 1.00 bits per heavy atom. The molecule has 1 aromatic carbocycles. The highest BCUT2D eigenvalue weighted by atomic mass is 32.1. The van der Waals surface area contributed by atoms with Gasteiger partial charge in [0.25, 0.3) is 0 Å². The Bertz CT molecular complexity index is 1020. The maximum atomic E-state index is 5.88. The highest BCUT2D eigenvalue weighted by molar-refractivity contribution is 7.16. The molecule has 3 heterocycles. The highest BCUT2D eigenvalue weighted by Crippen LogP contribution is 2.25. The van der Waals surface area contributed by atoms with Crippen LogP contribution in [-0.2, 0) is 12.0 Å². The summed E-state index contributed by atoms with van der Waals surface area (Å²) in [7, 11) is 0. The van der Waals surface area contributed by atoms with Crippen LogP contribution < -0.4 is 4.74 Å². The molecule has 0 fully saturated rings. The van der Waals surface area contributed by atoms with Gasteiger partial charge in [-0.15, -0.1) is 10.2 Å². The predicted molar refractivity (Wildman–Crippen MR) is 101 cm³/mol.